The fraction of sp³-hybridized carbons (Fsp3) is 0.500. The number of hydrogen-bond acceptors (Lipinski definition) is 25. The predicted octanol–water partition coefficient (Wildman–Crippen LogP) is -3.90. The van der Waals surface area contributed by atoms with Gasteiger partial charge in [-0.3, -0.25) is 18.4 Å². The molecular formula is C28H33N7O22P2. The Balaban J connectivity index is 1.23. The van der Waals surface area contributed by atoms with Crippen molar-refractivity contribution in [3.8, 4) is 0 Å². The van der Waals surface area contributed by atoms with Crippen LogP contribution in [-0.2, 0) is 75.5 Å². The predicted molar refractivity (Wildman–Crippen MR) is 178 cm³/mol. The highest BCUT2D eigenvalue weighted by Gasteiger charge is 2.66. The monoisotopic (exact) mass is 881 g/mol. The third-order valence-electron chi connectivity index (χ3n) is 8.97. The zero-order valence-electron chi connectivity index (χ0n) is 29.5. The normalized spacial score (nSPS) is 31.7. The van der Waals surface area contributed by atoms with Crippen LogP contribution in [0.2, 0.25) is 0 Å². The number of hydrogen-bond donors (Lipinski definition) is 8. The second-order valence-electron chi connectivity index (χ2n) is 12.8. The Labute approximate surface area is 327 Å². The molecule has 2 unspecified atom stereocenters. The molecule has 29 nitrogen and oxygen atoms in total. The minimum Gasteiger partial charge on any atom is -0.387 e. The van der Waals surface area contributed by atoms with Crippen molar-refractivity contribution in [1.82, 2.24) is 24.4 Å². The first-order chi connectivity index (χ1) is 27.7. The molecule has 0 saturated carbocycles. The molecule has 322 valence electrons. The molecule has 2 aromatic heterocycles. The standard InChI is InChI=1S/C28H33N7O22P2/c29-21-16-23(32-9-31-21)35(10-33-16)25-19(40)20(41)28(52-25,15-26(43)55-53-13(36)3-4-14(37)54-56-27(15)44)8-50-59(47,48)57-58(45,46)49-7-12-17(38)18(39)24(51-12)34-5-1-2-11(6-34)22(30)42/h1,5-6,9-10,12,15,17-20,24-25,38-41H,2-4,7-8H2,(H2,30,42)(H,45,46)(H,47,48)(H2,29,31,32)/t12-,17-,18-,19-,20+,24-,25-,28+/m1/s1. The average molecular weight is 882 g/mol. The zero-order valence-corrected chi connectivity index (χ0v) is 31.3. The summed E-state index contributed by atoms with van der Waals surface area (Å²) in [7, 11) is -11.8. The summed E-state index contributed by atoms with van der Waals surface area (Å²) in [5, 5.41) is 43.8. The maximum atomic E-state index is 13.4. The smallest absolute Gasteiger partial charge is 0.387 e. The molecule has 1 amide bonds. The number of carbonyl (C=O) groups is 5. The van der Waals surface area contributed by atoms with Crippen LogP contribution in [0.3, 0.4) is 0 Å². The lowest BCUT2D eigenvalue weighted by atomic mass is 9.82. The highest BCUT2D eigenvalue weighted by molar-refractivity contribution is 7.61. The van der Waals surface area contributed by atoms with Gasteiger partial charge in [-0.05, 0) is 6.42 Å². The Morgan fingerprint density at radius 2 is 1.54 bits per heavy atom. The Hall–Kier alpha value is -5.00. The Bertz CT molecular complexity index is 2140. The summed E-state index contributed by atoms with van der Waals surface area (Å²) < 4.78 is 52.2. The molecule has 3 saturated heterocycles. The van der Waals surface area contributed by atoms with Gasteiger partial charge in [0.1, 0.15) is 48.0 Å². The number of allylic oxidation sites excluding steroid dienone is 1. The molecule has 0 radical (unpaired) electrons. The fourth-order valence-electron chi connectivity index (χ4n) is 6.12. The van der Waals surface area contributed by atoms with E-state index in [9.17, 15) is 63.3 Å². The number of rotatable bonds is 12. The van der Waals surface area contributed by atoms with Crippen LogP contribution < -0.4 is 11.5 Å². The lowest BCUT2D eigenvalue weighted by Crippen LogP contribution is -2.58. The SMILES string of the molecule is NC(=O)C1=CN([C@@H]2O[C@H](COP(=O)(O)OP(=O)(O)OC[C@@]3(C4C(=O)OOC(=O)CCC(=O)OOC4=O)O[C@@H](n4cnc5c(N)ncnc54)[C@H](O)[C@@H]3O)[C@@H](O)[C@H]2O)C=CC1. The second kappa shape index (κ2) is 16.9. The van der Waals surface area contributed by atoms with Gasteiger partial charge < -0.3 is 56.1 Å². The maximum Gasteiger partial charge on any atom is 0.481 e. The number of primary amides is 1. The van der Waals surface area contributed by atoms with E-state index in [1.807, 2.05) is 0 Å². The number of aliphatic hydroxyl groups is 4. The fourth-order valence-corrected chi connectivity index (χ4v) is 8.24. The van der Waals surface area contributed by atoms with Gasteiger partial charge in [0.05, 0.1) is 32.4 Å². The number of carbonyl (C=O) groups excluding carboxylic acids is 5. The van der Waals surface area contributed by atoms with E-state index in [1.54, 1.807) is 0 Å². The molecule has 59 heavy (non-hydrogen) atoms. The minimum atomic E-state index is -6.04. The van der Waals surface area contributed by atoms with Crippen molar-refractivity contribution in [2.24, 2.45) is 11.7 Å². The minimum absolute atomic E-state index is 0.0796. The molecule has 10 atom stereocenters. The van der Waals surface area contributed by atoms with Crippen LogP contribution in [0.15, 0.2) is 36.7 Å². The number of nitrogen functional groups attached to an aromatic ring is 1. The quantitative estimate of drug-likeness (QED) is 0.0574. The van der Waals surface area contributed by atoms with E-state index in [2.05, 4.69) is 38.8 Å². The Morgan fingerprint density at radius 1 is 0.898 bits per heavy atom. The summed E-state index contributed by atoms with van der Waals surface area (Å²) >= 11 is 0. The van der Waals surface area contributed by atoms with Crippen LogP contribution in [0.5, 0.6) is 0 Å². The number of fused-ring (bicyclic) bond motifs is 1. The number of ether oxygens (including phenoxy) is 2. The van der Waals surface area contributed by atoms with Gasteiger partial charge in [-0.15, -0.1) is 0 Å². The molecule has 3 fully saturated rings. The summed E-state index contributed by atoms with van der Waals surface area (Å²) in [5.41, 5.74) is 7.73. The molecule has 0 aromatic carbocycles. The molecule has 0 spiro atoms. The van der Waals surface area contributed by atoms with Gasteiger partial charge in [0, 0.05) is 18.0 Å². The molecular weight excluding hydrogens is 848 g/mol. The van der Waals surface area contributed by atoms with Crippen molar-refractivity contribution in [2.75, 3.05) is 18.9 Å². The number of amides is 1. The first kappa shape index (κ1) is 43.6. The molecule has 4 aliphatic heterocycles. The number of aliphatic hydroxyl groups excluding tert-OH is 4. The van der Waals surface area contributed by atoms with Crippen molar-refractivity contribution in [1.29, 1.82) is 0 Å². The molecule has 6 rings (SSSR count). The first-order valence-electron chi connectivity index (χ1n) is 16.6. The van der Waals surface area contributed by atoms with Gasteiger partial charge in [0.15, 0.2) is 29.8 Å². The van der Waals surface area contributed by atoms with Crippen LogP contribution in [-0.4, -0.2) is 140 Å². The summed E-state index contributed by atoms with van der Waals surface area (Å²) in [5.74, 6) is -10.5. The van der Waals surface area contributed by atoms with E-state index < -0.39 is 126 Å². The topological polar surface area (TPSA) is 423 Å². The Morgan fingerprint density at radius 3 is 2.19 bits per heavy atom. The van der Waals surface area contributed by atoms with Gasteiger partial charge in [-0.1, -0.05) is 6.08 Å². The molecule has 4 aliphatic rings. The number of nitrogens with two attached hydrogens (primary N) is 2. The number of nitrogens with zero attached hydrogens (tertiary/aromatic N) is 5. The van der Waals surface area contributed by atoms with Crippen molar-refractivity contribution in [3.05, 3.63) is 36.7 Å². The van der Waals surface area contributed by atoms with Crippen molar-refractivity contribution in [2.45, 2.75) is 67.8 Å². The van der Waals surface area contributed by atoms with E-state index in [0.717, 1.165) is 17.2 Å². The highest BCUT2D eigenvalue weighted by Crippen LogP contribution is 2.61. The maximum absolute atomic E-state index is 13.4. The highest BCUT2D eigenvalue weighted by atomic mass is 31.3. The lowest BCUT2D eigenvalue weighted by molar-refractivity contribution is -0.281. The van der Waals surface area contributed by atoms with Gasteiger partial charge in [0.25, 0.3) is 0 Å². The van der Waals surface area contributed by atoms with Crippen LogP contribution >= 0.6 is 15.6 Å². The van der Waals surface area contributed by atoms with E-state index in [-0.39, 0.29) is 29.0 Å². The first-order valence-corrected chi connectivity index (χ1v) is 19.6. The summed E-state index contributed by atoms with van der Waals surface area (Å²) in [4.78, 5) is 114. The van der Waals surface area contributed by atoms with Crippen LogP contribution in [0, 0.1) is 5.92 Å². The number of imidazole rings is 1. The number of phosphoric ester groups is 2. The third-order valence-corrected chi connectivity index (χ3v) is 11.6. The van der Waals surface area contributed by atoms with Crippen molar-refractivity contribution < 1.29 is 106 Å². The molecule has 31 heteroatoms. The van der Waals surface area contributed by atoms with E-state index in [0.29, 0.717) is 0 Å². The van der Waals surface area contributed by atoms with Crippen LogP contribution in [0.1, 0.15) is 25.5 Å². The molecule has 2 aromatic rings. The molecule has 6 heterocycles. The number of anilines is 1. The van der Waals surface area contributed by atoms with Gasteiger partial charge in [-0.25, -0.2) is 62.8 Å². The van der Waals surface area contributed by atoms with E-state index in [1.165, 1.54) is 23.4 Å². The van der Waals surface area contributed by atoms with Crippen LogP contribution in [0.25, 0.3) is 11.2 Å². The average Bonchev–Trinajstić information content (AvgIpc) is 3.82. The summed E-state index contributed by atoms with van der Waals surface area (Å²) in [6.45, 7) is -2.87. The van der Waals surface area contributed by atoms with Gasteiger partial charge in [0.2, 0.25) is 5.91 Å². The van der Waals surface area contributed by atoms with Gasteiger partial charge in [-0.2, -0.15) is 4.31 Å². The van der Waals surface area contributed by atoms with Crippen molar-refractivity contribution in [3.63, 3.8) is 0 Å². The second-order valence-corrected chi connectivity index (χ2v) is 15.9. The molecule has 10 N–H and O–H groups in total. The summed E-state index contributed by atoms with van der Waals surface area (Å²) in [6.07, 6.45) is -8.73. The molecule has 0 bridgehead atoms. The largest absolute Gasteiger partial charge is 0.481 e. The van der Waals surface area contributed by atoms with Gasteiger partial charge >= 0.3 is 39.5 Å². The van der Waals surface area contributed by atoms with Crippen LogP contribution in [0.4, 0.5) is 5.82 Å². The zero-order chi connectivity index (χ0) is 43.0. The third kappa shape index (κ3) is 9.11. The number of phosphoric acid groups is 2. The lowest BCUT2D eigenvalue weighted by Gasteiger charge is -2.35. The Kier molecular flexibility index (Phi) is 12.5. The molecule has 0 aliphatic carbocycles. The van der Waals surface area contributed by atoms with Crippen molar-refractivity contribution >= 4 is 62.4 Å². The van der Waals surface area contributed by atoms with E-state index in [4.69, 9.17) is 30.0 Å². The van der Waals surface area contributed by atoms with E-state index >= 15 is 0 Å². The summed E-state index contributed by atoms with van der Waals surface area (Å²) in [6, 6.07) is 0. The number of aromatic nitrogens is 4.